The fourth-order valence-electron chi connectivity index (χ4n) is 2.88. The molecule has 0 saturated heterocycles. The molecule has 3 aromatic carbocycles. The summed E-state index contributed by atoms with van der Waals surface area (Å²) in [5, 5.41) is 0.753. The molecule has 0 aliphatic rings. The van der Waals surface area contributed by atoms with Gasteiger partial charge in [0.25, 0.3) is 0 Å². The summed E-state index contributed by atoms with van der Waals surface area (Å²) in [4.78, 5) is 24.9. The number of rotatable bonds is 4. The van der Waals surface area contributed by atoms with E-state index in [-0.39, 0.29) is 11.2 Å². The van der Waals surface area contributed by atoms with Crippen molar-refractivity contribution in [1.82, 2.24) is 0 Å². The predicted molar refractivity (Wildman–Crippen MR) is 111 cm³/mol. The first-order valence-corrected chi connectivity index (χ1v) is 9.11. The van der Waals surface area contributed by atoms with Crippen LogP contribution in [0.25, 0.3) is 22.3 Å². The predicted octanol–water partition coefficient (Wildman–Crippen LogP) is 5.34. The van der Waals surface area contributed by atoms with E-state index in [2.05, 4.69) is 0 Å². The quantitative estimate of drug-likeness (QED) is 0.338. The number of esters is 1. The van der Waals surface area contributed by atoms with E-state index in [1.54, 1.807) is 49.6 Å². The molecule has 0 aliphatic heterocycles. The van der Waals surface area contributed by atoms with Crippen LogP contribution in [0.2, 0.25) is 5.02 Å². The van der Waals surface area contributed by atoms with Crippen molar-refractivity contribution in [2.45, 2.75) is 0 Å². The fraction of sp³-hybridized carbons (Fsp3) is 0.0435. The third kappa shape index (κ3) is 4.00. The minimum atomic E-state index is -0.564. The van der Waals surface area contributed by atoms with Gasteiger partial charge in [0.2, 0.25) is 0 Å². The number of methoxy groups -OCH3 is 1. The number of carbonyl (C=O) groups is 1. The topological polar surface area (TPSA) is 65.7 Å². The Hall–Kier alpha value is -3.57. The average molecular weight is 407 g/mol. The first kappa shape index (κ1) is 18.8. The lowest BCUT2D eigenvalue weighted by Gasteiger charge is -2.07. The van der Waals surface area contributed by atoms with Gasteiger partial charge < -0.3 is 13.9 Å². The zero-order valence-corrected chi connectivity index (χ0v) is 16.1. The molecular formula is C23H15ClO5. The molecule has 0 N–H and O–H groups in total. The third-order valence-corrected chi connectivity index (χ3v) is 4.58. The van der Waals surface area contributed by atoms with E-state index in [0.717, 1.165) is 5.56 Å². The van der Waals surface area contributed by atoms with Crippen LogP contribution in [0.4, 0.5) is 0 Å². The molecule has 4 aromatic rings. The molecule has 1 aromatic heterocycles. The summed E-state index contributed by atoms with van der Waals surface area (Å²) in [6, 6.07) is 19.7. The number of halogens is 1. The molecule has 0 amide bonds. The monoisotopic (exact) mass is 406 g/mol. The molecule has 144 valence electrons. The van der Waals surface area contributed by atoms with Gasteiger partial charge in [-0.25, -0.2) is 4.79 Å². The van der Waals surface area contributed by atoms with Crippen LogP contribution in [0.5, 0.6) is 11.5 Å². The highest BCUT2D eigenvalue weighted by Crippen LogP contribution is 2.26. The summed E-state index contributed by atoms with van der Waals surface area (Å²) in [5.74, 6) is 0.829. The first-order chi connectivity index (χ1) is 14.0. The Morgan fingerprint density at radius 1 is 0.931 bits per heavy atom. The Labute approximate surface area is 171 Å². The van der Waals surface area contributed by atoms with Crippen LogP contribution in [0, 0.1) is 0 Å². The van der Waals surface area contributed by atoms with E-state index in [0.29, 0.717) is 33.1 Å². The van der Waals surface area contributed by atoms with Gasteiger partial charge in [-0.1, -0.05) is 17.7 Å². The summed E-state index contributed by atoms with van der Waals surface area (Å²) < 4.78 is 16.4. The maximum absolute atomic E-state index is 12.6. The zero-order valence-electron chi connectivity index (χ0n) is 15.3. The molecule has 0 spiro atoms. The SMILES string of the molecule is COc1ccc(-c2cc(=O)c3cc(OC(=O)c4cccc(Cl)c4)ccc3o2)cc1. The van der Waals surface area contributed by atoms with Crippen LogP contribution >= 0.6 is 11.6 Å². The second-order valence-electron chi connectivity index (χ2n) is 6.26. The molecule has 1 heterocycles. The number of hydrogen-bond donors (Lipinski definition) is 0. The van der Waals surface area contributed by atoms with E-state index in [1.807, 2.05) is 12.1 Å². The molecule has 0 radical (unpaired) electrons. The summed E-state index contributed by atoms with van der Waals surface area (Å²) in [7, 11) is 1.59. The van der Waals surface area contributed by atoms with Gasteiger partial charge in [-0.2, -0.15) is 0 Å². The zero-order chi connectivity index (χ0) is 20.4. The summed E-state index contributed by atoms with van der Waals surface area (Å²) in [6.45, 7) is 0. The lowest BCUT2D eigenvalue weighted by atomic mass is 10.1. The molecule has 5 nitrogen and oxygen atoms in total. The Morgan fingerprint density at radius 3 is 2.41 bits per heavy atom. The number of benzene rings is 3. The van der Waals surface area contributed by atoms with Crippen molar-refractivity contribution >= 4 is 28.5 Å². The maximum atomic E-state index is 12.6. The molecular weight excluding hydrogens is 392 g/mol. The Morgan fingerprint density at radius 2 is 1.69 bits per heavy atom. The van der Waals surface area contributed by atoms with Gasteiger partial charge in [-0.3, -0.25) is 4.79 Å². The smallest absolute Gasteiger partial charge is 0.343 e. The normalized spacial score (nSPS) is 10.7. The molecule has 0 aliphatic carbocycles. The van der Waals surface area contributed by atoms with E-state index in [1.165, 1.54) is 18.2 Å². The molecule has 6 heteroatoms. The summed E-state index contributed by atoms with van der Waals surface area (Å²) >= 11 is 5.90. The molecule has 0 unspecified atom stereocenters. The van der Waals surface area contributed by atoms with Crippen molar-refractivity contribution in [3.8, 4) is 22.8 Å². The van der Waals surface area contributed by atoms with E-state index < -0.39 is 5.97 Å². The highest BCUT2D eigenvalue weighted by Gasteiger charge is 2.12. The van der Waals surface area contributed by atoms with Crippen LogP contribution in [0.1, 0.15) is 10.4 Å². The minimum Gasteiger partial charge on any atom is -0.497 e. The molecule has 0 fully saturated rings. The van der Waals surface area contributed by atoms with E-state index in [9.17, 15) is 9.59 Å². The van der Waals surface area contributed by atoms with Crippen molar-refractivity contribution in [1.29, 1.82) is 0 Å². The van der Waals surface area contributed by atoms with Crippen LogP contribution < -0.4 is 14.9 Å². The van der Waals surface area contributed by atoms with Crippen LogP contribution in [0.3, 0.4) is 0 Å². The number of fused-ring (bicyclic) bond motifs is 1. The first-order valence-electron chi connectivity index (χ1n) is 8.73. The summed E-state index contributed by atoms with van der Waals surface area (Å²) in [5.41, 5.74) is 1.23. The highest BCUT2D eigenvalue weighted by molar-refractivity contribution is 6.30. The standard InChI is InChI=1S/C23H15ClO5/c1-27-17-7-5-14(6-8-17)22-13-20(25)19-12-18(9-10-21(19)29-22)28-23(26)15-3-2-4-16(24)11-15/h2-13H,1H3. The molecule has 0 saturated carbocycles. The molecule has 4 rings (SSSR count). The van der Waals surface area contributed by atoms with Crippen molar-refractivity contribution < 1.29 is 18.7 Å². The third-order valence-electron chi connectivity index (χ3n) is 4.34. The minimum absolute atomic E-state index is 0.238. The Bertz CT molecular complexity index is 1260. The lowest BCUT2D eigenvalue weighted by Crippen LogP contribution is -2.09. The maximum Gasteiger partial charge on any atom is 0.343 e. The van der Waals surface area contributed by atoms with E-state index >= 15 is 0 Å². The highest BCUT2D eigenvalue weighted by atomic mass is 35.5. The van der Waals surface area contributed by atoms with Crippen molar-refractivity contribution in [3.63, 3.8) is 0 Å². The van der Waals surface area contributed by atoms with Crippen molar-refractivity contribution in [2.75, 3.05) is 7.11 Å². The molecule has 0 bridgehead atoms. The van der Waals surface area contributed by atoms with Crippen LogP contribution in [-0.4, -0.2) is 13.1 Å². The van der Waals surface area contributed by atoms with E-state index in [4.69, 9.17) is 25.5 Å². The van der Waals surface area contributed by atoms with Crippen LogP contribution in [-0.2, 0) is 0 Å². The number of ether oxygens (including phenoxy) is 2. The average Bonchev–Trinajstić information content (AvgIpc) is 2.74. The summed E-state index contributed by atoms with van der Waals surface area (Å²) in [6.07, 6.45) is 0. The van der Waals surface area contributed by atoms with Gasteiger partial charge in [0, 0.05) is 16.7 Å². The van der Waals surface area contributed by atoms with Gasteiger partial charge in [0.15, 0.2) is 5.43 Å². The molecule has 0 atom stereocenters. The van der Waals surface area contributed by atoms with Crippen LogP contribution in [0.15, 0.2) is 82.0 Å². The Kier molecular flexibility index (Phi) is 5.06. The molecule has 29 heavy (non-hydrogen) atoms. The van der Waals surface area contributed by atoms with Gasteiger partial charge >= 0.3 is 5.97 Å². The number of carbonyl (C=O) groups excluding carboxylic acids is 1. The van der Waals surface area contributed by atoms with Gasteiger partial charge in [-0.15, -0.1) is 0 Å². The van der Waals surface area contributed by atoms with Crippen molar-refractivity contribution in [3.05, 3.63) is 93.6 Å². The second kappa shape index (κ2) is 7.81. The Balaban J connectivity index is 1.65. The van der Waals surface area contributed by atoms with Gasteiger partial charge in [0.1, 0.15) is 22.8 Å². The largest absolute Gasteiger partial charge is 0.497 e. The number of hydrogen-bond acceptors (Lipinski definition) is 5. The van der Waals surface area contributed by atoms with Crippen molar-refractivity contribution in [2.24, 2.45) is 0 Å². The van der Waals surface area contributed by atoms with Gasteiger partial charge in [-0.05, 0) is 60.7 Å². The fourth-order valence-corrected chi connectivity index (χ4v) is 3.07. The lowest BCUT2D eigenvalue weighted by molar-refractivity contribution is 0.0735. The van der Waals surface area contributed by atoms with Gasteiger partial charge in [0.05, 0.1) is 18.1 Å². The second-order valence-corrected chi connectivity index (χ2v) is 6.70.